The third-order valence-corrected chi connectivity index (χ3v) is 10.8. The van der Waals surface area contributed by atoms with E-state index in [0.29, 0.717) is 0 Å². The zero-order valence-corrected chi connectivity index (χ0v) is 27.0. The Bertz CT molecular complexity index is 2730. The third-order valence-electron chi connectivity index (χ3n) is 10.8. The molecule has 0 atom stereocenters. The second-order valence-electron chi connectivity index (χ2n) is 13.7. The molecule has 0 radical (unpaired) electrons. The van der Waals surface area contributed by atoms with E-state index in [-0.39, 0.29) is 5.41 Å². The lowest BCUT2D eigenvalue weighted by atomic mass is 9.74. The molecule has 9 aromatic rings. The summed E-state index contributed by atoms with van der Waals surface area (Å²) in [5.74, 6) is 0. The molecule has 1 aliphatic heterocycles. The molecule has 0 fully saturated rings. The molecule has 48 heavy (non-hydrogen) atoms. The molecular formula is C47H33N. The van der Waals surface area contributed by atoms with Crippen LogP contribution in [0.2, 0.25) is 0 Å². The average molecular weight is 612 g/mol. The molecule has 10 rings (SSSR count). The first-order valence-electron chi connectivity index (χ1n) is 16.9. The molecule has 0 bridgehead atoms. The number of nitrogens with zero attached hydrogens (tertiary/aromatic N) is 1. The minimum Gasteiger partial charge on any atom is -0.309 e. The van der Waals surface area contributed by atoms with Crippen LogP contribution in [0, 0.1) is 0 Å². The number of hydrogen-bond acceptors (Lipinski definition) is 0. The zero-order valence-electron chi connectivity index (χ0n) is 27.0. The second-order valence-corrected chi connectivity index (χ2v) is 13.7. The molecule has 2 heterocycles. The van der Waals surface area contributed by atoms with Crippen molar-refractivity contribution < 1.29 is 0 Å². The van der Waals surface area contributed by atoms with Crippen LogP contribution in [0.15, 0.2) is 164 Å². The first-order chi connectivity index (χ1) is 23.6. The number of benzene rings is 8. The minimum absolute atomic E-state index is 0.155. The maximum atomic E-state index is 2.50. The smallest absolute Gasteiger partial charge is 0.0582 e. The first-order valence-corrected chi connectivity index (χ1v) is 16.9. The minimum atomic E-state index is -0.155. The molecule has 0 saturated carbocycles. The van der Waals surface area contributed by atoms with Crippen molar-refractivity contribution in [3.63, 3.8) is 0 Å². The van der Waals surface area contributed by atoms with Crippen molar-refractivity contribution >= 4 is 43.4 Å². The molecule has 1 heteroatoms. The summed E-state index contributed by atoms with van der Waals surface area (Å²) in [5.41, 5.74) is 14.0. The highest BCUT2D eigenvalue weighted by Gasteiger charge is 2.35. The lowest BCUT2D eigenvalue weighted by molar-refractivity contribution is 0.630. The van der Waals surface area contributed by atoms with Gasteiger partial charge in [0.25, 0.3) is 0 Å². The fraction of sp³-hybridized carbons (Fsp3) is 0.0638. The molecule has 0 amide bonds. The molecule has 0 spiro atoms. The number of aromatic nitrogens is 1. The van der Waals surface area contributed by atoms with Gasteiger partial charge in [-0.1, -0.05) is 153 Å². The maximum Gasteiger partial charge on any atom is 0.0582 e. The summed E-state index contributed by atoms with van der Waals surface area (Å²) >= 11 is 0. The standard InChI is InChI=1S/C47H33N/c1-47(2)40-22-13-21-38-34-18-11-12-23-42(34)48(46(38)40)43-27-25-33(29-41(43)47)32-24-26-37-39(28-32)45(31-16-7-4-8-17-31)36-20-10-9-19-35(36)44(37)30-14-5-3-6-15-30/h3-29H,1-2H3. The number of rotatable bonds is 3. The van der Waals surface area contributed by atoms with Crippen LogP contribution in [0.25, 0.3) is 82.4 Å². The summed E-state index contributed by atoms with van der Waals surface area (Å²) in [6.07, 6.45) is 0. The molecule has 0 N–H and O–H groups in total. The van der Waals surface area contributed by atoms with Crippen molar-refractivity contribution in [2.45, 2.75) is 19.3 Å². The monoisotopic (exact) mass is 611 g/mol. The Labute approximate surface area is 280 Å². The number of hydrogen-bond donors (Lipinski definition) is 0. The predicted molar refractivity (Wildman–Crippen MR) is 204 cm³/mol. The molecule has 0 saturated heterocycles. The topological polar surface area (TPSA) is 4.93 Å². The Hall–Kier alpha value is -5.92. The van der Waals surface area contributed by atoms with E-state index in [1.165, 1.54) is 93.5 Å². The Morgan fingerprint density at radius 3 is 1.62 bits per heavy atom. The number of fused-ring (bicyclic) bond motifs is 7. The van der Waals surface area contributed by atoms with Crippen molar-refractivity contribution in [2.24, 2.45) is 0 Å². The van der Waals surface area contributed by atoms with Gasteiger partial charge in [-0.2, -0.15) is 0 Å². The van der Waals surface area contributed by atoms with E-state index in [9.17, 15) is 0 Å². The van der Waals surface area contributed by atoms with Crippen LogP contribution in [0.4, 0.5) is 0 Å². The highest BCUT2D eigenvalue weighted by Crippen LogP contribution is 2.49. The quantitative estimate of drug-likeness (QED) is 0.175. The summed E-state index contributed by atoms with van der Waals surface area (Å²) in [5, 5.41) is 7.75. The average Bonchev–Trinajstić information content (AvgIpc) is 3.48. The van der Waals surface area contributed by atoms with Crippen molar-refractivity contribution in [2.75, 3.05) is 0 Å². The maximum absolute atomic E-state index is 2.50. The van der Waals surface area contributed by atoms with Gasteiger partial charge < -0.3 is 4.57 Å². The molecular weight excluding hydrogens is 579 g/mol. The van der Waals surface area contributed by atoms with Crippen LogP contribution in [0.3, 0.4) is 0 Å². The Balaban J connectivity index is 1.26. The third kappa shape index (κ3) is 3.73. The lowest BCUT2D eigenvalue weighted by Crippen LogP contribution is -2.26. The van der Waals surface area contributed by atoms with Gasteiger partial charge in [-0.15, -0.1) is 0 Å². The van der Waals surface area contributed by atoms with Gasteiger partial charge in [0.05, 0.1) is 16.7 Å². The molecule has 1 nitrogen and oxygen atoms in total. The highest BCUT2D eigenvalue weighted by molar-refractivity contribution is 6.22. The van der Waals surface area contributed by atoms with Gasteiger partial charge in [0.1, 0.15) is 0 Å². The van der Waals surface area contributed by atoms with E-state index >= 15 is 0 Å². The SMILES string of the molecule is CC1(C)c2cc(-c3ccc4c(-c5ccccc5)c5ccccc5c(-c5ccccc5)c4c3)ccc2-n2c3ccccc3c3cccc1c32. The van der Waals surface area contributed by atoms with Crippen LogP contribution in [0.5, 0.6) is 0 Å². The van der Waals surface area contributed by atoms with E-state index in [1.807, 2.05) is 0 Å². The highest BCUT2D eigenvalue weighted by atomic mass is 15.0. The molecule has 8 aromatic carbocycles. The van der Waals surface area contributed by atoms with Gasteiger partial charge in [0.2, 0.25) is 0 Å². The lowest BCUT2D eigenvalue weighted by Gasteiger charge is -2.35. The normalized spacial score (nSPS) is 13.4. The van der Waals surface area contributed by atoms with E-state index in [1.54, 1.807) is 0 Å². The Morgan fingerprint density at radius 2 is 0.917 bits per heavy atom. The summed E-state index contributed by atoms with van der Waals surface area (Å²) in [4.78, 5) is 0. The predicted octanol–water partition coefficient (Wildman–Crippen LogP) is 12.7. The van der Waals surface area contributed by atoms with Crippen LogP contribution >= 0.6 is 0 Å². The summed E-state index contributed by atoms with van der Waals surface area (Å²) < 4.78 is 2.50. The van der Waals surface area contributed by atoms with E-state index < -0.39 is 0 Å². The Morgan fingerprint density at radius 1 is 0.375 bits per heavy atom. The van der Waals surface area contributed by atoms with Crippen molar-refractivity contribution in [3.8, 4) is 39.1 Å². The van der Waals surface area contributed by atoms with Gasteiger partial charge in [-0.05, 0) is 90.3 Å². The molecule has 0 unspecified atom stereocenters. The van der Waals surface area contributed by atoms with Gasteiger partial charge in [0.15, 0.2) is 0 Å². The van der Waals surface area contributed by atoms with E-state index in [4.69, 9.17) is 0 Å². The summed E-state index contributed by atoms with van der Waals surface area (Å²) in [7, 11) is 0. The van der Waals surface area contributed by atoms with Gasteiger partial charge in [-0.3, -0.25) is 0 Å². The Kier molecular flexibility index (Phi) is 5.69. The van der Waals surface area contributed by atoms with Gasteiger partial charge in [0, 0.05) is 16.2 Å². The van der Waals surface area contributed by atoms with Gasteiger partial charge >= 0.3 is 0 Å². The van der Waals surface area contributed by atoms with Gasteiger partial charge in [-0.25, -0.2) is 0 Å². The fourth-order valence-corrected chi connectivity index (χ4v) is 8.52. The van der Waals surface area contributed by atoms with Crippen molar-refractivity contribution in [1.29, 1.82) is 0 Å². The first kappa shape index (κ1) is 27.2. The van der Waals surface area contributed by atoms with Crippen molar-refractivity contribution in [1.82, 2.24) is 4.57 Å². The van der Waals surface area contributed by atoms with E-state index in [2.05, 4.69) is 182 Å². The van der Waals surface area contributed by atoms with E-state index in [0.717, 1.165) is 0 Å². The summed E-state index contributed by atoms with van der Waals surface area (Å²) in [6.45, 7) is 4.77. The zero-order chi connectivity index (χ0) is 32.0. The molecule has 1 aromatic heterocycles. The van der Waals surface area contributed by atoms with Crippen LogP contribution in [-0.2, 0) is 5.41 Å². The number of para-hydroxylation sites is 2. The fourth-order valence-electron chi connectivity index (χ4n) is 8.52. The van der Waals surface area contributed by atoms with Crippen LogP contribution in [-0.4, -0.2) is 4.57 Å². The van der Waals surface area contributed by atoms with Crippen molar-refractivity contribution in [3.05, 3.63) is 175 Å². The molecule has 226 valence electrons. The largest absolute Gasteiger partial charge is 0.309 e. The van der Waals surface area contributed by atoms with Crippen LogP contribution < -0.4 is 0 Å². The van der Waals surface area contributed by atoms with Crippen LogP contribution in [0.1, 0.15) is 25.0 Å². The summed E-state index contributed by atoms with van der Waals surface area (Å²) in [6, 6.07) is 60.6. The molecule has 1 aliphatic rings. The second kappa shape index (κ2) is 10.0. The molecule has 0 aliphatic carbocycles.